The number of hydrogen-bond donors (Lipinski definition) is 1. The van der Waals surface area contributed by atoms with E-state index in [1.165, 1.54) is 11.8 Å². The van der Waals surface area contributed by atoms with Crippen molar-refractivity contribution in [3.05, 3.63) is 72.9 Å². The van der Waals surface area contributed by atoms with Crippen LogP contribution in [0.15, 0.2) is 81.1 Å². The molecule has 28 heavy (non-hydrogen) atoms. The fourth-order valence-corrected chi connectivity index (χ4v) is 3.56. The van der Waals surface area contributed by atoms with E-state index in [0.717, 1.165) is 5.69 Å². The highest BCUT2D eigenvalue weighted by molar-refractivity contribution is 8.00. The van der Waals surface area contributed by atoms with Gasteiger partial charge in [0.25, 0.3) is 0 Å². The molecule has 8 heteroatoms. The molecule has 7 nitrogen and oxygen atoms in total. The Morgan fingerprint density at radius 1 is 1.07 bits per heavy atom. The summed E-state index contributed by atoms with van der Waals surface area (Å²) in [6.45, 7) is 2.18. The van der Waals surface area contributed by atoms with E-state index in [2.05, 4.69) is 15.5 Å². The third kappa shape index (κ3) is 3.86. The van der Waals surface area contributed by atoms with Gasteiger partial charge < -0.3 is 14.2 Å². The summed E-state index contributed by atoms with van der Waals surface area (Å²) in [4.78, 5) is 12.5. The second-order valence-electron chi connectivity index (χ2n) is 6.01. The summed E-state index contributed by atoms with van der Waals surface area (Å²) in [6.07, 6.45) is 3.18. The van der Waals surface area contributed by atoms with Crippen LogP contribution in [0.4, 0.5) is 0 Å². The highest BCUT2D eigenvalue weighted by atomic mass is 32.2. The van der Waals surface area contributed by atoms with E-state index < -0.39 is 0 Å². The van der Waals surface area contributed by atoms with Crippen molar-refractivity contribution in [1.29, 1.82) is 0 Å². The average molecular weight is 394 g/mol. The maximum atomic E-state index is 12.5. The first-order chi connectivity index (χ1) is 13.7. The lowest BCUT2D eigenvalue weighted by Crippen LogP contribution is -2.30. The number of nitrogens with one attached hydrogen (secondary N) is 1. The predicted molar refractivity (Wildman–Crippen MR) is 105 cm³/mol. The second-order valence-corrected chi connectivity index (χ2v) is 7.32. The van der Waals surface area contributed by atoms with E-state index in [4.69, 9.17) is 8.83 Å². The van der Waals surface area contributed by atoms with E-state index in [1.54, 1.807) is 24.7 Å². The van der Waals surface area contributed by atoms with E-state index in [0.29, 0.717) is 29.0 Å². The Morgan fingerprint density at radius 2 is 1.86 bits per heavy atom. The van der Waals surface area contributed by atoms with Gasteiger partial charge in [0.15, 0.2) is 10.9 Å². The molecule has 1 N–H and O–H groups in total. The average Bonchev–Trinajstić information content (AvgIpc) is 3.47. The summed E-state index contributed by atoms with van der Waals surface area (Å²) in [6, 6.07) is 17.0. The Bertz CT molecular complexity index is 1030. The van der Waals surface area contributed by atoms with Crippen molar-refractivity contribution in [3.63, 3.8) is 0 Å². The van der Waals surface area contributed by atoms with Crippen LogP contribution in [-0.4, -0.2) is 25.9 Å². The van der Waals surface area contributed by atoms with Crippen LogP contribution in [0.5, 0.6) is 0 Å². The highest BCUT2D eigenvalue weighted by Crippen LogP contribution is 2.30. The number of aromatic nitrogens is 3. The van der Waals surface area contributed by atoms with Gasteiger partial charge in [-0.15, -0.1) is 10.2 Å². The maximum Gasteiger partial charge on any atom is 0.233 e. The van der Waals surface area contributed by atoms with Crippen molar-refractivity contribution >= 4 is 17.7 Å². The van der Waals surface area contributed by atoms with Crippen LogP contribution in [0.2, 0.25) is 0 Å². The zero-order valence-electron chi connectivity index (χ0n) is 15.1. The summed E-state index contributed by atoms with van der Waals surface area (Å²) in [5.74, 6) is 1.79. The largest absolute Gasteiger partial charge is 0.467 e. The molecule has 0 saturated heterocycles. The van der Waals surface area contributed by atoms with Crippen LogP contribution in [0, 0.1) is 0 Å². The number of nitrogens with zero attached hydrogens (tertiary/aromatic N) is 3. The zero-order valence-corrected chi connectivity index (χ0v) is 15.9. The Balaban J connectivity index is 1.56. The number of para-hydroxylation sites is 1. The molecule has 0 radical (unpaired) electrons. The van der Waals surface area contributed by atoms with Crippen molar-refractivity contribution < 1.29 is 13.6 Å². The number of furan rings is 2. The molecule has 0 spiro atoms. The molecule has 0 fully saturated rings. The zero-order chi connectivity index (χ0) is 19.3. The number of thioether (sulfide) groups is 1. The van der Waals surface area contributed by atoms with Crippen molar-refractivity contribution in [1.82, 2.24) is 20.1 Å². The molecule has 1 unspecified atom stereocenters. The molecular weight excluding hydrogens is 376 g/mol. The first-order valence-corrected chi connectivity index (χ1v) is 9.62. The predicted octanol–water partition coefficient (Wildman–Crippen LogP) is 3.92. The Kier molecular flexibility index (Phi) is 5.29. The van der Waals surface area contributed by atoms with E-state index >= 15 is 0 Å². The topological polar surface area (TPSA) is 86.1 Å². The molecule has 142 valence electrons. The van der Waals surface area contributed by atoms with E-state index in [9.17, 15) is 4.79 Å². The van der Waals surface area contributed by atoms with Gasteiger partial charge in [-0.1, -0.05) is 30.0 Å². The Hall–Kier alpha value is -3.26. The van der Waals surface area contributed by atoms with E-state index in [1.807, 2.05) is 54.0 Å². The summed E-state index contributed by atoms with van der Waals surface area (Å²) >= 11 is 1.33. The molecule has 0 aliphatic carbocycles. The molecule has 3 aromatic heterocycles. The smallest absolute Gasteiger partial charge is 0.233 e. The van der Waals surface area contributed by atoms with Crippen molar-refractivity contribution in [2.24, 2.45) is 0 Å². The van der Waals surface area contributed by atoms with Gasteiger partial charge in [-0.2, -0.15) is 0 Å². The van der Waals surface area contributed by atoms with Crippen molar-refractivity contribution in [2.75, 3.05) is 0 Å². The fourth-order valence-electron chi connectivity index (χ4n) is 2.66. The van der Waals surface area contributed by atoms with Gasteiger partial charge in [0.1, 0.15) is 5.76 Å². The van der Waals surface area contributed by atoms with Gasteiger partial charge in [-0.05, 0) is 43.3 Å². The summed E-state index contributed by atoms with van der Waals surface area (Å²) < 4.78 is 12.6. The SMILES string of the molecule is CC(Sc1nnc(-c2ccco2)n1-c1ccccc1)C(=O)NCc1ccco1. The first kappa shape index (κ1) is 18.1. The Morgan fingerprint density at radius 3 is 2.57 bits per heavy atom. The molecule has 0 saturated carbocycles. The van der Waals surface area contributed by atoms with Crippen LogP contribution in [0.3, 0.4) is 0 Å². The number of carbonyl (C=O) groups excluding carboxylic acids is 1. The molecule has 1 aromatic carbocycles. The van der Waals surface area contributed by atoms with Gasteiger partial charge in [0.2, 0.25) is 11.7 Å². The number of hydrogen-bond acceptors (Lipinski definition) is 6. The minimum absolute atomic E-state index is 0.108. The quantitative estimate of drug-likeness (QED) is 0.478. The van der Waals surface area contributed by atoms with E-state index in [-0.39, 0.29) is 11.2 Å². The van der Waals surface area contributed by atoms with Crippen LogP contribution >= 0.6 is 11.8 Å². The normalized spacial score (nSPS) is 12.0. The van der Waals surface area contributed by atoms with Gasteiger partial charge in [0.05, 0.1) is 24.3 Å². The molecule has 1 atom stereocenters. The summed E-state index contributed by atoms with van der Waals surface area (Å²) in [5, 5.41) is 11.7. The third-order valence-corrected chi connectivity index (χ3v) is 5.10. The second kappa shape index (κ2) is 8.18. The monoisotopic (exact) mass is 394 g/mol. The van der Waals surface area contributed by atoms with Crippen LogP contribution in [-0.2, 0) is 11.3 Å². The summed E-state index contributed by atoms with van der Waals surface area (Å²) in [7, 11) is 0. The number of carbonyl (C=O) groups is 1. The standard InChI is InChI=1S/C20H18N4O3S/c1-14(19(25)21-13-16-9-5-11-26-16)28-20-23-22-18(17-10-6-12-27-17)24(20)15-7-3-2-4-8-15/h2-12,14H,13H2,1H3,(H,21,25). The molecular formula is C20H18N4O3S. The lowest BCUT2D eigenvalue weighted by Gasteiger charge is -2.13. The lowest BCUT2D eigenvalue weighted by molar-refractivity contribution is -0.120. The fraction of sp³-hybridized carbons (Fsp3) is 0.150. The highest BCUT2D eigenvalue weighted by Gasteiger charge is 2.22. The maximum absolute atomic E-state index is 12.5. The Labute approximate surface area is 165 Å². The molecule has 4 rings (SSSR count). The van der Waals surface area contributed by atoms with Gasteiger partial charge >= 0.3 is 0 Å². The molecule has 1 amide bonds. The summed E-state index contributed by atoms with van der Waals surface area (Å²) in [5.41, 5.74) is 0.893. The lowest BCUT2D eigenvalue weighted by atomic mass is 10.3. The molecule has 0 bridgehead atoms. The van der Waals surface area contributed by atoms with Crippen LogP contribution < -0.4 is 5.32 Å². The molecule has 3 heterocycles. The van der Waals surface area contributed by atoms with Gasteiger partial charge in [0, 0.05) is 5.69 Å². The number of benzene rings is 1. The molecule has 0 aliphatic rings. The minimum Gasteiger partial charge on any atom is -0.467 e. The van der Waals surface area contributed by atoms with Crippen LogP contribution in [0.25, 0.3) is 17.3 Å². The van der Waals surface area contributed by atoms with Gasteiger partial charge in [-0.25, -0.2) is 0 Å². The molecule has 4 aromatic rings. The van der Waals surface area contributed by atoms with Gasteiger partial charge in [-0.3, -0.25) is 9.36 Å². The van der Waals surface area contributed by atoms with Crippen molar-refractivity contribution in [2.45, 2.75) is 23.9 Å². The first-order valence-electron chi connectivity index (χ1n) is 8.74. The van der Waals surface area contributed by atoms with Crippen LogP contribution in [0.1, 0.15) is 12.7 Å². The molecule has 0 aliphatic heterocycles. The third-order valence-electron chi connectivity index (χ3n) is 4.06. The number of amides is 1. The minimum atomic E-state index is -0.369. The number of rotatable bonds is 7. The van der Waals surface area contributed by atoms with Crippen molar-refractivity contribution in [3.8, 4) is 17.3 Å².